The average Bonchev–Trinajstić information content (AvgIpc) is 2.81. The first-order valence-electron chi connectivity index (χ1n) is 9.96. The van der Waals surface area contributed by atoms with Gasteiger partial charge < -0.3 is 9.47 Å². The number of hydrogen-bond donors (Lipinski definition) is 0. The smallest absolute Gasteiger partial charge is 0.387 e. The number of ketones is 1. The van der Waals surface area contributed by atoms with Crippen LogP contribution in [0.15, 0.2) is 59.8 Å². The number of hydrogen-bond acceptors (Lipinski definition) is 6. The number of carbonyl (C=O) groups excluding carboxylic acids is 1. The normalized spacial score (nSPS) is 11.4. The van der Waals surface area contributed by atoms with Crippen LogP contribution in [-0.4, -0.2) is 29.5 Å². The molecule has 0 saturated carbocycles. The summed E-state index contributed by atoms with van der Waals surface area (Å²) in [7, 11) is 1.52. The van der Waals surface area contributed by atoms with Crippen LogP contribution in [0.2, 0.25) is 0 Å². The Labute approximate surface area is 197 Å². The summed E-state index contributed by atoms with van der Waals surface area (Å²) in [6.45, 7) is -1.31. The van der Waals surface area contributed by atoms with Crippen molar-refractivity contribution < 1.29 is 31.8 Å². The predicted molar refractivity (Wildman–Crippen MR) is 121 cm³/mol. The van der Waals surface area contributed by atoms with Crippen molar-refractivity contribution in [3.05, 3.63) is 82.7 Å². The maximum absolute atomic E-state index is 13.0. The highest BCUT2D eigenvalue weighted by atomic mass is 32.2. The molecule has 1 heterocycles. The second kappa shape index (κ2) is 11.6. The van der Waals surface area contributed by atoms with Crippen LogP contribution in [0.5, 0.6) is 11.5 Å². The molecule has 5 nitrogen and oxygen atoms in total. The zero-order valence-electron chi connectivity index (χ0n) is 18.2. The fraction of sp³-hybridized carbons (Fsp3) is 0.208. The van der Waals surface area contributed by atoms with Crippen molar-refractivity contribution in [2.75, 3.05) is 7.11 Å². The number of methoxy groups -OCH3 is 1. The van der Waals surface area contributed by atoms with Crippen molar-refractivity contribution in [2.45, 2.75) is 30.9 Å². The Balaban J connectivity index is 1.72. The van der Waals surface area contributed by atoms with Gasteiger partial charge in [-0.15, -0.1) is 0 Å². The van der Waals surface area contributed by atoms with Gasteiger partial charge in [0.25, 0.3) is 6.43 Å². The summed E-state index contributed by atoms with van der Waals surface area (Å²) < 4.78 is 60.2. The van der Waals surface area contributed by atoms with Gasteiger partial charge in [0.1, 0.15) is 17.2 Å². The molecular weight excluding hydrogens is 472 g/mol. The number of alkyl halides is 4. The molecule has 2 aromatic carbocycles. The van der Waals surface area contributed by atoms with Crippen LogP contribution in [0.4, 0.5) is 17.6 Å². The third kappa shape index (κ3) is 7.05. The van der Waals surface area contributed by atoms with Gasteiger partial charge in [-0.1, -0.05) is 23.9 Å². The third-order valence-electron chi connectivity index (χ3n) is 4.53. The molecule has 10 heteroatoms. The van der Waals surface area contributed by atoms with Crippen LogP contribution in [0, 0.1) is 6.92 Å². The van der Waals surface area contributed by atoms with Gasteiger partial charge in [-0.3, -0.25) is 4.79 Å². The maximum atomic E-state index is 13.0. The fourth-order valence-electron chi connectivity index (χ4n) is 2.97. The highest BCUT2D eigenvalue weighted by Crippen LogP contribution is 2.29. The lowest BCUT2D eigenvalue weighted by Crippen LogP contribution is -2.02. The first kappa shape index (κ1) is 25.2. The standard InChI is InChI=1S/C24H20F4N2O3S/c1-14-11-19(22(25)26)30-24(29-14)34-13-17-12-15(4-10-21(17)32-2)3-9-20(31)16-5-7-18(8-6-16)33-23(27)28/h3-12,22-23H,13H2,1-2H3/b9-3+. The van der Waals surface area contributed by atoms with Gasteiger partial charge in [0, 0.05) is 22.6 Å². The Morgan fingerprint density at radius 3 is 2.44 bits per heavy atom. The minimum absolute atomic E-state index is 0.0360. The third-order valence-corrected chi connectivity index (χ3v) is 5.43. The minimum Gasteiger partial charge on any atom is -0.496 e. The van der Waals surface area contributed by atoms with E-state index in [-0.39, 0.29) is 22.4 Å². The molecule has 0 radical (unpaired) electrons. The van der Waals surface area contributed by atoms with Crippen molar-refractivity contribution in [1.29, 1.82) is 0 Å². The molecular formula is C24H20F4N2O3S. The number of halogens is 4. The Morgan fingerprint density at radius 1 is 1.06 bits per heavy atom. The summed E-state index contributed by atoms with van der Waals surface area (Å²) in [6, 6.07) is 11.9. The number of thioether (sulfide) groups is 1. The minimum atomic E-state index is -2.94. The van der Waals surface area contributed by atoms with Gasteiger partial charge in [-0.2, -0.15) is 8.78 Å². The zero-order valence-corrected chi connectivity index (χ0v) is 19.0. The molecule has 3 rings (SSSR count). The molecule has 0 N–H and O–H groups in total. The van der Waals surface area contributed by atoms with Crippen LogP contribution in [0.3, 0.4) is 0 Å². The molecule has 0 saturated heterocycles. The Morgan fingerprint density at radius 2 is 1.79 bits per heavy atom. The molecule has 0 amide bonds. The fourth-order valence-corrected chi connectivity index (χ4v) is 3.86. The molecule has 3 aromatic rings. The van der Waals surface area contributed by atoms with Gasteiger partial charge in [0.2, 0.25) is 0 Å². The quantitative estimate of drug-likeness (QED) is 0.106. The molecule has 0 fully saturated rings. The van der Waals surface area contributed by atoms with Crippen LogP contribution < -0.4 is 9.47 Å². The highest BCUT2D eigenvalue weighted by molar-refractivity contribution is 7.98. The van der Waals surface area contributed by atoms with E-state index < -0.39 is 13.0 Å². The summed E-state index contributed by atoms with van der Waals surface area (Å²) in [5.74, 6) is 0.595. The molecule has 0 bridgehead atoms. The zero-order chi connectivity index (χ0) is 24.7. The van der Waals surface area contributed by atoms with Gasteiger partial charge in [0.15, 0.2) is 10.9 Å². The van der Waals surface area contributed by atoms with E-state index >= 15 is 0 Å². The molecule has 178 valence electrons. The SMILES string of the molecule is COc1ccc(/C=C/C(=O)c2ccc(OC(F)F)cc2)cc1CSc1nc(C)cc(C(F)F)n1. The van der Waals surface area contributed by atoms with Gasteiger partial charge >= 0.3 is 6.61 Å². The van der Waals surface area contributed by atoms with Crippen molar-refractivity contribution in [1.82, 2.24) is 9.97 Å². The molecule has 0 aliphatic rings. The van der Waals surface area contributed by atoms with E-state index in [1.807, 2.05) is 0 Å². The van der Waals surface area contributed by atoms with Gasteiger partial charge in [-0.05, 0) is 61.0 Å². The average molecular weight is 492 g/mol. The van der Waals surface area contributed by atoms with Gasteiger partial charge in [-0.25, -0.2) is 18.7 Å². The number of aryl methyl sites for hydroxylation is 1. The summed E-state index contributed by atoms with van der Waals surface area (Å²) in [6.07, 6.45) is 0.285. The second-order valence-electron chi connectivity index (χ2n) is 6.98. The number of benzene rings is 2. The molecule has 0 atom stereocenters. The van der Waals surface area contributed by atoms with E-state index in [1.165, 1.54) is 55.3 Å². The van der Waals surface area contributed by atoms with Crippen LogP contribution in [-0.2, 0) is 5.75 Å². The largest absolute Gasteiger partial charge is 0.496 e. The van der Waals surface area contributed by atoms with E-state index in [0.29, 0.717) is 28.3 Å². The Kier molecular flexibility index (Phi) is 8.64. The van der Waals surface area contributed by atoms with Crippen LogP contribution >= 0.6 is 11.8 Å². The Bertz CT molecular complexity index is 1170. The molecule has 34 heavy (non-hydrogen) atoms. The maximum Gasteiger partial charge on any atom is 0.387 e. The summed E-state index contributed by atoms with van der Waals surface area (Å²) in [4.78, 5) is 20.5. The number of carbonyl (C=O) groups is 1. The molecule has 0 aliphatic carbocycles. The molecule has 0 unspecified atom stereocenters. The van der Waals surface area contributed by atoms with Crippen molar-refractivity contribution in [3.63, 3.8) is 0 Å². The monoisotopic (exact) mass is 492 g/mol. The number of aromatic nitrogens is 2. The van der Waals surface area contributed by atoms with Crippen molar-refractivity contribution in [3.8, 4) is 11.5 Å². The van der Waals surface area contributed by atoms with E-state index in [9.17, 15) is 22.4 Å². The summed E-state index contributed by atoms with van der Waals surface area (Å²) in [5, 5.41) is 0.229. The molecule has 0 spiro atoms. The lowest BCUT2D eigenvalue weighted by Gasteiger charge is -2.10. The summed E-state index contributed by atoms with van der Waals surface area (Å²) >= 11 is 1.19. The topological polar surface area (TPSA) is 61.3 Å². The first-order chi connectivity index (χ1) is 16.2. The number of rotatable bonds is 10. The van der Waals surface area contributed by atoms with E-state index in [1.54, 1.807) is 31.2 Å². The number of ether oxygens (including phenoxy) is 2. The first-order valence-corrected chi connectivity index (χ1v) is 10.9. The molecule has 1 aromatic heterocycles. The van der Waals surface area contributed by atoms with Gasteiger partial charge in [0.05, 0.1) is 7.11 Å². The lowest BCUT2D eigenvalue weighted by molar-refractivity contribution is -0.0498. The van der Waals surface area contributed by atoms with Crippen molar-refractivity contribution >= 4 is 23.6 Å². The Hall–Kier alpha value is -3.40. The number of allylic oxidation sites excluding steroid dienone is 1. The lowest BCUT2D eigenvalue weighted by atomic mass is 10.1. The summed E-state index contributed by atoms with van der Waals surface area (Å²) in [5.41, 5.74) is 1.91. The van der Waals surface area contributed by atoms with E-state index in [0.717, 1.165) is 5.56 Å². The van der Waals surface area contributed by atoms with E-state index in [2.05, 4.69) is 14.7 Å². The molecule has 0 aliphatic heterocycles. The van der Waals surface area contributed by atoms with Crippen molar-refractivity contribution in [2.24, 2.45) is 0 Å². The second-order valence-corrected chi connectivity index (χ2v) is 7.92. The number of nitrogens with zero attached hydrogens (tertiary/aromatic N) is 2. The van der Waals surface area contributed by atoms with Crippen LogP contribution in [0.25, 0.3) is 6.08 Å². The van der Waals surface area contributed by atoms with Crippen LogP contribution in [0.1, 0.15) is 39.3 Å². The predicted octanol–water partition coefficient (Wildman–Crippen LogP) is 6.52. The highest BCUT2D eigenvalue weighted by Gasteiger charge is 2.13. The van der Waals surface area contributed by atoms with E-state index in [4.69, 9.17) is 4.74 Å².